The van der Waals surface area contributed by atoms with E-state index in [4.69, 9.17) is 14.5 Å². The summed E-state index contributed by atoms with van der Waals surface area (Å²) in [5.41, 5.74) is 4.23. The fraction of sp³-hybridized carbons (Fsp3) is 0.273. The highest BCUT2D eigenvalue weighted by atomic mass is 32.1. The first-order valence-corrected chi connectivity index (χ1v) is 10.5. The third-order valence-corrected chi connectivity index (χ3v) is 5.37. The van der Waals surface area contributed by atoms with Crippen LogP contribution in [0.25, 0.3) is 11.4 Å². The normalized spacial score (nSPS) is 13.1. The Labute approximate surface area is 178 Å². The molecule has 7 nitrogen and oxygen atoms in total. The second-order valence-electron chi connectivity index (χ2n) is 6.77. The van der Waals surface area contributed by atoms with Gasteiger partial charge in [0, 0.05) is 30.8 Å². The van der Waals surface area contributed by atoms with Crippen molar-refractivity contribution in [2.75, 3.05) is 32.2 Å². The molecule has 0 atom stereocenters. The van der Waals surface area contributed by atoms with Crippen LogP contribution in [0.2, 0.25) is 0 Å². The van der Waals surface area contributed by atoms with E-state index in [0.29, 0.717) is 54.7 Å². The van der Waals surface area contributed by atoms with Gasteiger partial charge in [0.05, 0.1) is 32.0 Å². The van der Waals surface area contributed by atoms with Crippen molar-refractivity contribution in [3.8, 4) is 11.4 Å². The Morgan fingerprint density at radius 2 is 2.03 bits per heavy atom. The molecule has 0 spiro atoms. The molecule has 0 unspecified atom stereocenters. The molecule has 2 aromatic heterocycles. The minimum Gasteiger partial charge on any atom is -0.383 e. The van der Waals surface area contributed by atoms with Crippen molar-refractivity contribution < 1.29 is 14.3 Å². The Morgan fingerprint density at radius 1 is 1.17 bits per heavy atom. The predicted octanol–water partition coefficient (Wildman–Crippen LogP) is 4.14. The summed E-state index contributed by atoms with van der Waals surface area (Å²) in [7, 11) is 1.66. The number of fused-ring (bicyclic) bond motifs is 1. The number of carbonyl (C=O) groups excluding carboxylic acids is 1. The van der Waals surface area contributed by atoms with E-state index in [0.717, 1.165) is 10.7 Å². The van der Waals surface area contributed by atoms with Crippen molar-refractivity contribution in [2.45, 2.75) is 13.0 Å². The van der Waals surface area contributed by atoms with Gasteiger partial charge in [-0.1, -0.05) is 30.3 Å². The number of nitrogens with zero attached hydrogens (tertiary/aromatic N) is 3. The molecule has 0 aliphatic carbocycles. The first kappa shape index (κ1) is 20.3. The average Bonchev–Trinajstić information content (AvgIpc) is 3.23. The molecule has 154 valence electrons. The molecule has 0 bridgehead atoms. The maximum absolute atomic E-state index is 12.7. The molecule has 1 aromatic carbocycles. The topological polar surface area (TPSA) is 85.7 Å². The fourth-order valence-electron chi connectivity index (χ4n) is 3.13. The van der Waals surface area contributed by atoms with Crippen LogP contribution in [-0.4, -0.2) is 48.3 Å². The number of pyridine rings is 1. The van der Waals surface area contributed by atoms with E-state index in [9.17, 15) is 4.79 Å². The Kier molecular flexibility index (Phi) is 6.58. The van der Waals surface area contributed by atoms with Gasteiger partial charge >= 0.3 is 0 Å². The lowest BCUT2D eigenvalue weighted by Gasteiger charge is -2.16. The van der Waals surface area contributed by atoms with Crippen LogP contribution in [0.1, 0.15) is 22.3 Å². The van der Waals surface area contributed by atoms with Gasteiger partial charge in [-0.25, -0.2) is 4.98 Å². The lowest BCUT2D eigenvalue weighted by atomic mass is 9.99. The van der Waals surface area contributed by atoms with Crippen LogP contribution in [0, 0.1) is 0 Å². The average molecular weight is 423 g/mol. The van der Waals surface area contributed by atoms with Crippen LogP contribution in [0.15, 0.2) is 53.0 Å². The second-order valence-corrected chi connectivity index (χ2v) is 7.63. The van der Waals surface area contributed by atoms with E-state index in [1.165, 1.54) is 11.3 Å². The summed E-state index contributed by atoms with van der Waals surface area (Å²) in [5.74, 6) is 0.0237. The summed E-state index contributed by atoms with van der Waals surface area (Å²) in [5, 5.41) is 5.90. The molecule has 0 saturated carbocycles. The Balaban J connectivity index is 1.52. The third kappa shape index (κ3) is 4.79. The number of benzene rings is 1. The first-order valence-electron chi connectivity index (χ1n) is 9.63. The molecule has 1 aliphatic rings. The predicted molar refractivity (Wildman–Crippen MR) is 118 cm³/mol. The minimum absolute atomic E-state index is 0.0237. The van der Waals surface area contributed by atoms with Gasteiger partial charge in [-0.2, -0.15) is 0 Å². The second kappa shape index (κ2) is 9.71. The van der Waals surface area contributed by atoms with Gasteiger partial charge in [0.1, 0.15) is 17.1 Å². The molecular formula is C22H22N4O3S. The Hall–Kier alpha value is -2.94. The largest absolute Gasteiger partial charge is 0.383 e. The molecule has 1 N–H and O–H groups in total. The lowest BCUT2D eigenvalue weighted by molar-refractivity contribution is 0.0993. The van der Waals surface area contributed by atoms with Crippen molar-refractivity contribution in [3.05, 3.63) is 59.1 Å². The number of hydrogen-bond acceptors (Lipinski definition) is 8. The molecule has 3 aromatic rings. The standard InChI is InChI=1S/C22H22N4O3S/c1-28-10-9-24-22-26-18(14-30-22)21-20-17(7-8-23-21)19(27)11-16(25-20)13-29-12-15-5-3-2-4-6-15/h2-8,14H,9-13H2,1H3,(H,24,26). The number of carbonyl (C=O) groups is 1. The maximum Gasteiger partial charge on any atom is 0.183 e. The number of methoxy groups -OCH3 is 1. The van der Waals surface area contributed by atoms with Crippen LogP contribution < -0.4 is 5.32 Å². The Bertz CT molecular complexity index is 1050. The number of Topliss-reactive ketones (excluding diaryl/α,β-unsaturated/α-hetero) is 1. The number of hydrogen-bond donors (Lipinski definition) is 1. The highest BCUT2D eigenvalue weighted by Gasteiger charge is 2.24. The van der Waals surface area contributed by atoms with Crippen molar-refractivity contribution in [3.63, 3.8) is 0 Å². The van der Waals surface area contributed by atoms with E-state index in [2.05, 4.69) is 15.3 Å². The van der Waals surface area contributed by atoms with E-state index in [-0.39, 0.29) is 12.2 Å². The number of ether oxygens (including phenoxy) is 2. The maximum atomic E-state index is 12.7. The molecular weight excluding hydrogens is 400 g/mol. The third-order valence-electron chi connectivity index (χ3n) is 4.57. The number of rotatable bonds is 9. The smallest absolute Gasteiger partial charge is 0.183 e. The molecule has 0 amide bonds. The number of aromatic nitrogens is 2. The van der Waals surface area contributed by atoms with Gasteiger partial charge < -0.3 is 14.8 Å². The van der Waals surface area contributed by atoms with Crippen LogP contribution in [-0.2, 0) is 16.1 Å². The monoisotopic (exact) mass is 422 g/mol. The summed E-state index contributed by atoms with van der Waals surface area (Å²) in [4.78, 5) is 26.5. The lowest BCUT2D eigenvalue weighted by Crippen LogP contribution is -2.18. The van der Waals surface area contributed by atoms with Gasteiger partial charge in [0.2, 0.25) is 0 Å². The number of thiazole rings is 1. The molecule has 0 saturated heterocycles. The van der Waals surface area contributed by atoms with Gasteiger partial charge in [-0.05, 0) is 11.6 Å². The Morgan fingerprint density at radius 3 is 2.87 bits per heavy atom. The van der Waals surface area contributed by atoms with Crippen LogP contribution in [0.5, 0.6) is 0 Å². The molecule has 0 fully saturated rings. The zero-order chi connectivity index (χ0) is 20.8. The SMILES string of the molecule is COCCNc1nc(-c2nccc3c2N=C(COCc2ccccc2)CC3=O)cs1. The minimum atomic E-state index is 0.0237. The fourth-order valence-corrected chi connectivity index (χ4v) is 3.85. The zero-order valence-corrected chi connectivity index (χ0v) is 17.4. The zero-order valence-electron chi connectivity index (χ0n) is 16.6. The number of nitrogens with one attached hydrogen (secondary N) is 1. The first-order chi connectivity index (χ1) is 14.7. The highest BCUT2D eigenvalue weighted by molar-refractivity contribution is 7.14. The van der Waals surface area contributed by atoms with Crippen LogP contribution in [0.3, 0.4) is 0 Å². The van der Waals surface area contributed by atoms with Crippen molar-refractivity contribution in [1.82, 2.24) is 9.97 Å². The van der Waals surface area contributed by atoms with Crippen molar-refractivity contribution in [1.29, 1.82) is 0 Å². The summed E-state index contributed by atoms with van der Waals surface area (Å²) in [6.45, 7) is 2.04. The van der Waals surface area contributed by atoms with Crippen molar-refractivity contribution >= 4 is 33.7 Å². The number of aliphatic imine (C=N–C) groups is 1. The summed E-state index contributed by atoms with van der Waals surface area (Å²) in [6.07, 6.45) is 1.89. The molecule has 0 radical (unpaired) electrons. The van der Waals surface area contributed by atoms with Gasteiger partial charge in [-0.3, -0.25) is 14.8 Å². The van der Waals surface area contributed by atoms with Gasteiger partial charge in [0.15, 0.2) is 10.9 Å². The number of ketones is 1. The van der Waals surface area contributed by atoms with Gasteiger partial charge in [0.25, 0.3) is 0 Å². The van der Waals surface area contributed by atoms with Crippen molar-refractivity contribution in [2.24, 2.45) is 4.99 Å². The van der Waals surface area contributed by atoms with Crippen LogP contribution >= 0.6 is 11.3 Å². The molecule has 8 heteroatoms. The van der Waals surface area contributed by atoms with E-state index in [1.54, 1.807) is 19.4 Å². The molecule has 1 aliphatic heterocycles. The highest BCUT2D eigenvalue weighted by Crippen LogP contribution is 2.36. The van der Waals surface area contributed by atoms with Gasteiger partial charge in [-0.15, -0.1) is 11.3 Å². The van der Waals surface area contributed by atoms with E-state index < -0.39 is 0 Å². The summed E-state index contributed by atoms with van der Waals surface area (Å²) >= 11 is 1.48. The number of anilines is 1. The molecule has 4 rings (SSSR count). The molecule has 30 heavy (non-hydrogen) atoms. The molecule has 3 heterocycles. The van der Waals surface area contributed by atoms with Crippen LogP contribution in [0.4, 0.5) is 10.8 Å². The summed E-state index contributed by atoms with van der Waals surface area (Å²) < 4.78 is 10.8. The summed E-state index contributed by atoms with van der Waals surface area (Å²) in [6, 6.07) is 11.6. The van der Waals surface area contributed by atoms with E-state index >= 15 is 0 Å². The van der Waals surface area contributed by atoms with E-state index in [1.807, 2.05) is 35.7 Å². The quantitative estimate of drug-likeness (QED) is 0.522.